The van der Waals surface area contributed by atoms with E-state index < -0.39 is 32.5 Å². The van der Waals surface area contributed by atoms with Crippen LogP contribution in [-0.2, 0) is 32.7 Å². The Hall–Kier alpha value is -2.55. The summed E-state index contributed by atoms with van der Waals surface area (Å²) in [6.45, 7) is 4.09. The Balaban J connectivity index is 4.20. The van der Waals surface area contributed by atoms with Gasteiger partial charge < -0.3 is 27.9 Å². The van der Waals surface area contributed by atoms with Crippen molar-refractivity contribution in [3.63, 3.8) is 0 Å². The Morgan fingerprint density at radius 3 is 1.29 bits per heavy atom. The third-order valence-electron chi connectivity index (χ3n) is 11.2. The summed E-state index contributed by atoms with van der Waals surface area (Å²) < 4.78 is 34.0. The third kappa shape index (κ3) is 50.9. The molecule has 2 unspecified atom stereocenters. The number of carbonyl (C=O) groups is 2. The molecule has 9 nitrogen and oxygen atoms in total. The maximum absolute atomic E-state index is 12.8. The standard InChI is InChI=1S/C56H100NO8P/c1-6-8-10-12-14-16-18-20-22-23-24-25-26-27-28-29-30-31-32-33-35-37-39-41-43-45-47-49-56(59)65-54(53-64-66(60,61)63-51-50-57(3,4)5)52-62-55(58)48-46-44-42-40-38-36-34-21-19-17-15-13-11-9-7-2/h9,11,15,17-18,20-21,23-24,26-27,34,54H,6-8,10,12-14,16,19,22,25,28-33,35-53H2,1-5H3/b11-9-,17-15-,20-18-,24-23-,27-26-,34-21-. The molecule has 0 heterocycles. The van der Waals surface area contributed by atoms with Crippen LogP contribution in [0.3, 0.4) is 0 Å². The Kier molecular flexibility index (Phi) is 45.7. The van der Waals surface area contributed by atoms with E-state index in [9.17, 15) is 19.0 Å². The summed E-state index contributed by atoms with van der Waals surface area (Å²) in [6.07, 6.45) is 60.8. The zero-order valence-electron chi connectivity index (χ0n) is 43.1. The van der Waals surface area contributed by atoms with E-state index in [4.69, 9.17) is 18.5 Å². The minimum Gasteiger partial charge on any atom is -0.756 e. The van der Waals surface area contributed by atoms with Crippen LogP contribution in [0.25, 0.3) is 0 Å². The molecule has 0 radical (unpaired) electrons. The molecule has 0 aromatic heterocycles. The van der Waals surface area contributed by atoms with Crippen molar-refractivity contribution in [2.75, 3.05) is 47.5 Å². The number of esters is 2. The lowest BCUT2D eigenvalue weighted by Crippen LogP contribution is -2.37. The highest BCUT2D eigenvalue weighted by Crippen LogP contribution is 2.38. The fraction of sp³-hybridized carbons (Fsp3) is 0.750. The van der Waals surface area contributed by atoms with Gasteiger partial charge in [0.15, 0.2) is 6.10 Å². The van der Waals surface area contributed by atoms with Crippen LogP contribution in [0.5, 0.6) is 0 Å². The molecule has 0 saturated carbocycles. The number of phosphoric ester groups is 1. The summed E-state index contributed by atoms with van der Waals surface area (Å²) >= 11 is 0. The van der Waals surface area contributed by atoms with Crippen LogP contribution in [0.1, 0.15) is 219 Å². The normalized spacial score (nSPS) is 14.0. The highest BCUT2D eigenvalue weighted by molar-refractivity contribution is 7.45. The van der Waals surface area contributed by atoms with E-state index >= 15 is 0 Å². The zero-order valence-corrected chi connectivity index (χ0v) is 44.0. The molecule has 0 aliphatic carbocycles. The molecule has 382 valence electrons. The van der Waals surface area contributed by atoms with E-state index in [2.05, 4.69) is 86.8 Å². The van der Waals surface area contributed by atoms with Crippen LogP contribution in [0.4, 0.5) is 0 Å². The molecule has 0 saturated heterocycles. The fourth-order valence-corrected chi connectivity index (χ4v) is 7.82. The highest BCUT2D eigenvalue weighted by atomic mass is 31.2. The molecule has 0 aliphatic heterocycles. The number of allylic oxidation sites excluding steroid dienone is 12. The van der Waals surface area contributed by atoms with Gasteiger partial charge in [-0.05, 0) is 83.5 Å². The van der Waals surface area contributed by atoms with Crippen molar-refractivity contribution in [3.05, 3.63) is 72.9 Å². The van der Waals surface area contributed by atoms with Crippen LogP contribution in [0, 0.1) is 0 Å². The highest BCUT2D eigenvalue weighted by Gasteiger charge is 2.21. The van der Waals surface area contributed by atoms with Gasteiger partial charge in [0.25, 0.3) is 7.82 Å². The molecule has 0 spiro atoms. The maximum Gasteiger partial charge on any atom is 0.306 e. The summed E-state index contributed by atoms with van der Waals surface area (Å²) in [4.78, 5) is 37.7. The molecule has 10 heteroatoms. The number of hydrogen-bond acceptors (Lipinski definition) is 8. The zero-order chi connectivity index (χ0) is 48.5. The average Bonchev–Trinajstić information content (AvgIpc) is 3.27. The smallest absolute Gasteiger partial charge is 0.306 e. The van der Waals surface area contributed by atoms with Gasteiger partial charge in [0, 0.05) is 12.8 Å². The van der Waals surface area contributed by atoms with E-state index in [0.29, 0.717) is 23.9 Å². The maximum atomic E-state index is 12.8. The number of hydrogen-bond donors (Lipinski definition) is 0. The minimum absolute atomic E-state index is 0.0371. The second-order valence-electron chi connectivity index (χ2n) is 18.9. The van der Waals surface area contributed by atoms with Gasteiger partial charge in [-0.25, -0.2) is 0 Å². The van der Waals surface area contributed by atoms with E-state index in [0.717, 1.165) is 83.5 Å². The van der Waals surface area contributed by atoms with E-state index in [1.807, 2.05) is 21.1 Å². The predicted molar refractivity (Wildman–Crippen MR) is 277 cm³/mol. The molecule has 0 aliphatic rings. The third-order valence-corrected chi connectivity index (χ3v) is 12.2. The Morgan fingerprint density at radius 1 is 0.485 bits per heavy atom. The summed E-state index contributed by atoms with van der Waals surface area (Å²) in [5.41, 5.74) is 0. The van der Waals surface area contributed by atoms with Gasteiger partial charge >= 0.3 is 11.9 Å². The van der Waals surface area contributed by atoms with Crippen molar-refractivity contribution < 1.29 is 42.1 Å². The molecule has 0 rings (SSSR count). The lowest BCUT2D eigenvalue weighted by Gasteiger charge is -2.28. The predicted octanol–water partition coefficient (Wildman–Crippen LogP) is 15.5. The monoisotopic (exact) mass is 946 g/mol. The molecule has 0 fully saturated rings. The number of nitrogens with zero attached hydrogens (tertiary/aromatic N) is 1. The number of likely N-dealkylation sites (N-methyl/N-ethyl adjacent to an activating group) is 1. The number of quaternary nitrogens is 1. The van der Waals surface area contributed by atoms with Gasteiger partial charge in [-0.3, -0.25) is 14.2 Å². The first kappa shape index (κ1) is 63.5. The average molecular weight is 946 g/mol. The summed E-state index contributed by atoms with van der Waals surface area (Å²) in [5.74, 6) is -0.857. The number of ether oxygens (including phenoxy) is 2. The summed E-state index contributed by atoms with van der Waals surface area (Å²) in [7, 11) is 1.15. The van der Waals surface area contributed by atoms with Crippen molar-refractivity contribution in [2.45, 2.75) is 225 Å². The van der Waals surface area contributed by atoms with Gasteiger partial charge in [0.2, 0.25) is 0 Å². The van der Waals surface area contributed by atoms with Crippen LogP contribution in [-0.4, -0.2) is 70.0 Å². The SMILES string of the molecule is CC/C=C\C/C=C\C/C=C\CCCCCCCC(=O)OCC(COP(=O)([O-])OCC[N+](C)(C)C)OC(=O)CCCCCCCCCCCCCC/C=C\C/C=C\C/C=C\CCCCCCC. The molecule has 66 heavy (non-hydrogen) atoms. The van der Waals surface area contributed by atoms with Crippen molar-refractivity contribution in [3.8, 4) is 0 Å². The minimum atomic E-state index is -4.64. The van der Waals surface area contributed by atoms with Gasteiger partial charge in [-0.2, -0.15) is 0 Å². The molecule has 0 aromatic rings. The summed E-state index contributed by atoms with van der Waals surface area (Å²) in [6, 6.07) is 0. The molecule has 2 atom stereocenters. The largest absolute Gasteiger partial charge is 0.756 e. The second-order valence-corrected chi connectivity index (χ2v) is 20.3. The molecular formula is C56H100NO8P. The van der Waals surface area contributed by atoms with Crippen LogP contribution in [0.15, 0.2) is 72.9 Å². The van der Waals surface area contributed by atoms with E-state index in [-0.39, 0.29) is 26.1 Å². The van der Waals surface area contributed by atoms with Crippen LogP contribution in [0.2, 0.25) is 0 Å². The quantitative estimate of drug-likeness (QED) is 0.0195. The van der Waals surface area contributed by atoms with Crippen molar-refractivity contribution in [1.82, 2.24) is 0 Å². The molecule has 0 aromatic carbocycles. The number of carbonyl (C=O) groups excluding carboxylic acids is 2. The number of phosphoric acid groups is 1. The lowest BCUT2D eigenvalue weighted by molar-refractivity contribution is -0.870. The molecule has 0 amide bonds. The second kappa shape index (κ2) is 47.5. The molecule has 0 N–H and O–H groups in total. The topological polar surface area (TPSA) is 111 Å². The fourth-order valence-electron chi connectivity index (χ4n) is 7.09. The first-order chi connectivity index (χ1) is 32.0. The van der Waals surface area contributed by atoms with Gasteiger partial charge in [-0.15, -0.1) is 0 Å². The lowest BCUT2D eigenvalue weighted by atomic mass is 10.0. The van der Waals surface area contributed by atoms with Gasteiger partial charge in [-0.1, -0.05) is 196 Å². The van der Waals surface area contributed by atoms with Crippen LogP contribution < -0.4 is 4.89 Å². The van der Waals surface area contributed by atoms with Crippen LogP contribution >= 0.6 is 7.82 Å². The first-order valence-electron chi connectivity index (χ1n) is 26.6. The first-order valence-corrected chi connectivity index (χ1v) is 28.1. The Labute approximate surface area is 406 Å². The van der Waals surface area contributed by atoms with E-state index in [1.54, 1.807) is 0 Å². The van der Waals surface area contributed by atoms with Gasteiger partial charge in [0.1, 0.15) is 19.8 Å². The molecule has 0 bridgehead atoms. The summed E-state index contributed by atoms with van der Waals surface area (Å²) in [5, 5.41) is 0. The van der Waals surface area contributed by atoms with Gasteiger partial charge in [0.05, 0.1) is 27.7 Å². The number of rotatable bonds is 48. The Bertz CT molecular complexity index is 1350. The number of unbranched alkanes of at least 4 members (excludes halogenated alkanes) is 22. The van der Waals surface area contributed by atoms with E-state index in [1.165, 1.54) is 96.3 Å². The van der Waals surface area contributed by atoms with Crippen molar-refractivity contribution in [2.24, 2.45) is 0 Å². The van der Waals surface area contributed by atoms with Crippen molar-refractivity contribution >= 4 is 19.8 Å². The Morgan fingerprint density at radius 2 is 0.864 bits per heavy atom. The van der Waals surface area contributed by atoms with Crippen molar-refractivity contribution in [1.29, 1.82) is 0 Å². The molecular weight excluding hydrogens is 846 g/mol.